The SMILES string of the molecule is CC(C)(O)CCNCCc1ccc(Cl)cc1Cl. The van der Waals surface area contributed by atoms with Crippen molar-refractivity contribution in [1.29, 1.82) is 0 Å². The summed E-state index contributed by atoms with van der Waals surface area (Å²) in [7, 11) is 0. The van der Waals surface area contributed by atoms with Crippen LogP contribution in [0.5, 0.6) is 0 Å². The van der Waals surface area contributed by atoms with Crippen LogP contribution in [0.2, 0.25) is 10.0 Å². The van der Waals surface area contributed by atoms with Crippen molar-refractivity contribution < 1.29 is 5.11 Å². The molecule has 0 aliphatic heterocycles. The number of hydrogen-bond acceptors (Lipinski definition) is 2. The maximum Gasteiger partial charge on any atom is 0.0603 e. The Hall–Kier alpha value is -0.280. The fourth-order valence-corrected chi connectivity index (χ4v) is 1.97. The molecule has 0 unspecified atom stereocenters. The van der Waals surface area contributed by atoms with Crippen LogP contribution in [-0.4, -0.2) is 23.8 Å². The molecular weight excluding hydrogens is 257 g/mol. The predicted octanol–water partition coefficient (Wildman–Crippen LogP) is 3.29. The summed E-state index contributed by atoms with van der Waals surface area (Å²) in [5.74, 6) is 0. The molecule has 1 rings (SSSR count). The predicted molar refractivity (Wildman–Crippen MR) is 74.0 cm³/mol. The Bertz CT molecular complexity index is 361. The summed E-state index contributed by atoms with van der Waals surface area (Å²) in [4.78, 5) is 0. The van der Waals surface area contributed by atoms with Gasteiger partial charge in [-0.15, -0.1) is 0 Å². The first-order valence-electron chi connectivity index (χ1n) is 5.75. The van der Waals surface area contributed by atoms with Crippen molar-refractivity contribution in [3.05, 3.63) is 33.8 Å². The van der Waals surface area contributed by atoms with E-state index >= 15 is 0 Å². The third kappa shape index (κ3) is 6.27. The molecule has 0 fully saturated rings. The highest BCUT2D eigenvalue weighted by Gasteiger charge is 2.10. The molecule has 17 heavy (non-hydrogen) atoms. The molecule has 1 aromatic rings. The van der Waals surface area contributed by atoms with Crippen molar-refractivity contribution in [2.45, 2.75) is 32.3 Å². The zero-order chi connectivity index (χ0) is 12.9. The van der Waals surface area contributed by atoms with E-state index in [4.69, 9.17) is 23.2 Å². The summed E-state index contributed by atoms with van der Waals surface area (Å²) in [6.45, 7) is 5.27. The number of halogens is 2. The van der Waals surface area contributed by atoms with Gasteiger partial charge < -0.3 is 10.4 Å². The average Bonchev–Trinajstić information content (AvgIpc) is 2.18. The smallest absolute Gasteiger partial charge is 0.0603 e. The molecule has 0 aliphatic rings. The molecule has 0 spiro atoms. The van der Waals surface area contributed by atoms with E-state index in [9.17, 15) is 5.11 Å². The fraction of sp³-hybridized carbons (Fsp3) is 0.538. The van der Waals surface area contributed by atoms with Crippen LogP contribution in [0, 0.1) is 0 Å². The summed E-state index contributed by atoms with van der Waals surface area (Å²) in [5, 5.41) is 14.2. The second kappa shape index (κ2) is 6.60. The minimum Gasteiger partial charge on any atom is -0.390 e. The lowest BCUT2D eigenvalue weighted by atomic mass is 10.1. The van der Waals surface area contributed by atoms with Crippen LogP contribution in [0.1, 0.15) is 25.8 Å². The summed E-state index contributed by atoms with van der Waals surface area (Å²) in [5.41, 5.74) is 0.483. The van der Waals surface area contributed by atoms with Crippen LogP contribution in [0.15, 0.2) is 18.2 Å². The van der Waals surface area contributed by atoms with Gasteiger partial charge in [-0.2, -0.15) is 0 Å². The van der Waals surface area contributed by atoms with Crippen molar-refractivity contribution >= 4 is 23.2 Å². The third-order valence-corrected chi connectivity index (χ3v) is 3.09. The number of rotatable bonds is 6. The van der Waals surface area contributed by atoms with Crippen LogP contribution in [0.4, 0.5) is 0 Å². The fourth-order valence-electron chi connectivity index (χ4n) is 1.47. The van der Waals surface area contributed by atoms with Gasteiger partial charge in [-0.25, -0.2) is 0 Å². The molecule has 0 radical (unpaired) electrons. The van der Waals surface area contributed by atoms with Crippen molar-refractivity contribution in [2.75, 3.05) is 13.1 Å². The topological polar surface area (TPSA) is 32.3 Å². The van der Waals surface area contributed by atoms with Gasteiger partial charge in [0.1, 0.15) is 0 Å². The maximum absolute atomic E-state index is 9.53. The van der Waals surface area contributed by atoms with Gasteiger partial charge in [0.05, 0.1) is 5.60 Å². The Morgan fingerprint density at radius 3 is 2.53 bits per heavy atom. The normalized spacial score (nSPS) is 11.8. The Balaban J connectivity index is 2.27. The van der Waals surface area contributed by atoms with Gasteiger partial charge in [-0.05, 0) is 57.5 Å². The molecule has 0 saturated carbocycles. The molecule has 0 atom stereocenters. The van der Waals surface area contributed by atoms with Crippen molar-refractivity contribution in [1.82, 2.24) is 5.32 Å². The highest BCUT2D eigenvalue weighted by atomic mass is 35.5. The number of hydrogen-bond donors (Lipinski definition) is 2. The lowest BCUT2D eigenvalue weighted by Gasteiger charge is -2.17. The van der Waals surface area contributed by atoms with Gasteiger partial charge in [-0.3, -0.25) is 0 Å². The highest BCUT2D eigenvalue weighted by Crippen LogP contribution is 2.21. The van der Waals surface area contributed by atoms with Crippen LogP contribution in [-0.2, 0) is 6.42 Å². The zero-order valence-electron chi connectivity index (χ0n) is 10.3. The molecule has 0 aromatic heterocycles. The van der Waals surface area contributed by atoms with E-state index in [1.807, 2.05) is 26.0 Å². The number of nitrogens with one attached hydrogen (secondary N) is 1. The Labute approximate surface area is 113 Å². The average molecular weight is 276 g/mol. The van der Waals surface area contributed by atoms with E-state index in [1.165, 1.54) is 0 Å². The molecule has 96 valence electrons. The molecule has 1 aromatic carbocycles. The van der Waals surface area contributed by atoms with Crippen molar-refractivity contribution in [3.8, 4) is 0 Å². The summed E-state index contributed by atoms with van der Waals surface area (Å²) >= 11 is 11.9. The molecule has 0 bridgehead atoms. The van der Waals surface area contributed by atoms with Gasteiger partial charge in [0.25, 0.3) is 0 Å². The van der Waals surface area contributed by atoms with E-state index in [0.29, 0.717) is 10.0 Å². The zero-order valence-corrected chi connectivity index (χ0v) is 11.8. The van der Waals surface area contributed by atoms with E-state index in [1.54, 1.807) is 6.07 Å². The molecule has 0 amide bonds. The van der Waals surface area contributed by atoms with Crippen LogP contribution < -0.4 is 5.32 Å². The lowest BCUT2D eigenvalue weighted by molar-refractivity contribution is 0.0713. The molecule has 0 saturated heterocycles. The van der Waals surface area contributed by atoms with Gasteiger partial charge >= 0.3 is 0 Å². The first-order valence-corrected chi connectivity index (χ1v) is 6.51. The van der Waals surface area contributed by atoms with E-state index in [-0.39, 0.29) is 0 Å². The minimum atomic E-state index is -0.606. The van der Waals surface area contributed by atoms with Crippen molar-refractivity contribution in [2.24, 2.45) is 0 Å². The van der Waals surface area contributed by atoms with Crippen LogP contribution in [0.3, 0.4) is 0 Å². The van der Waals surface area contributed by atoms with Gasteiger partial charge in [0.2, 0.25) is 0 Å². The van der Waals surface area contributed by atoms with Crippen molar-refractivity contribution in [3.63, 3.8) is 0 Å². The summed E-state index contributed by atoms with van der Waals surface area (Å²) in [6, 6.07) is 5.55. The van der Waals surface area contributed by atoms with Gasteiger partial charge in [-0.1, -0.05) is 29.3 Å². The third-order valence-electron chi connectivity index (χ3n) is 2.50. The quantitative estimate of drug-likeness (QED) is 0.781. The van der Waals surface area contributed by atoms with Crippen LogP contribution >= 0.6 is 23.2 Å². The minimum absolute atomic E-state index is 0.606. The second-order valence-corrected chi connectivity index (χ2v) is 5.64. The molecular formula is C13H19Cl2NO. The first-order chi connectivity index (χ1) is 7.88. The molecule has 0 aliphatic carbocycles. The maximum atomic E-state index is 9.53. The van der Waals surface area contributed by atoms with Crippen LogP contribution in [0.25, 0.3) is 0 Å². The van der Waals surface area contributed by atoms with Gasteiger partial charge in [0.15, 0.2) is 0 Å². The molecule has 0 heterocycles. The van der Waals surface area contributed by atoms with E-state index in [0.717, 1.165) is 31.5 Å². The highest BCUT2D eigenvalue weighted by molar-refractivity contribution is 6.35. The molecule has 2 N–H and O–H groups in total. The Kier molecular flexibility index (Phi) is 5.74. The largest absolute Gasteiger partial charge is 0.390 e. The monoisotopic (exact) mass is 275 g/mol. The second-order valence-electron chi connectivity index (χ2n) is 4.80. The molecule has 4 heteroatoms. The molecule has 2 nitrogen and oxygen atoms in total. The Morgan fingerprint density at radius 2 is 1.94 bits per heavy atom. The van der Waals surface area contributed by atoms with E-state index in [2.05, 4.69) is 5.32 Å². The number of aliphatic hydroxyl groups is 1. The van der Waals surface area contributed by atoms with Gasteiger partial charge in [0, 0.05) is 10.0 Å². The Morgan fingerprint density at radius 1 is 1.24 bits per heavy atom. The standard InChI is InChI=1S/C13H19Cl2NO/c1-13(2,17)6-8-16-7-5-10-3-4-11(14)9-12(10)15/h3-4,9,16-17H,5-8H2,1-2H3. The summed E-state index contributed by atoms with van der Waals surface area (Å²) in [6.07, 6.45) is 1.60. The summed E-state index contributed by atoms with van der Waals surface area (Å²) < 4.78 is 0. The lowest BCUT2D eigenvalue weighted by Crippen LogP contribution is -2.27. The first kappa shape index (κ1) is 14.8. The van der Waals surface area contributed by atoms with E-state index < -0.39 is 5.60 Å². The number of benzene rings is 1.